The fourth-order valence-electron chi connectivity index (χ4n) is 2.55. The van der Waals surface area contributed by atoms with Gasteiger partial charge in [0.15, 0.2) is 6.54 Å². The van der Waals surface area contributed by atoms with E-state index in [1.165, 1.54) is 18.2 Å². The Morgan fingerprint density at radius 1 is 1.09 bits per heavy atom. The first-order valence-electron chi connectivity index (χ1n) is 8.33. The standard InChI is InChI=1S/C18H29N3O2/c1-6-13(4)14-7-9-15(10-8-14)17(12(2)3)20-11-16(22)21-18(23)19-5/h7-10,12-13,17,20H,6,11H2,1-5H3,(H2,19,21,22,23)/p+1/t13-,17+/m0/s1. The van der Waals surface area contributed by atoms with Crippen LogP contribution in [0.2, 0.25) is 0 Å². The SMILES string of the molecule is CC[C@H](C)c1ccc([C@H]([NH2+]CC(=O)NC(=O)NC)C(C)C)cc1. The third kappa shape index (κ3) is 6.02. The van der Waals surface area contributed by atoms with Gasteiger partial charge in [0, 0.05) is 18.5 Å². The first-order chi connectivity index (χ1) is 10.9. The molecule has 0 radical (unpaired) electrons. The van der Waals surface area contributed by atoms with Gasteiger partial charge in [-0.25, -0.2) is 4.79 Å². The Kier molecular flexibility index (Phi) is 7.75. The predicted octanol–water partition coefficient (Wildman–Crippen LogP) is 1.92. The fourth-order valence-corrected chi connectivity index (χ4v) is 2.55. The summed E-state index contributed by atoms with van der Waals surface area (Å²) in [6.07, 6.45) is 1.12. The van der Waals surface area contributed by atoms with E-state index in [1.54, 1.807) is 0 Å². The van der Waals surface area contributed by atoms with Crippen molar-refractivity contribution in [3.8, 4) is 0 Å². The Hall–Kier alpha value is -1.88. The lowest BCUT2D eigenvalue weighted by molar-refractivity contribution is -0.692. The van der Waals surface area contributed by atoms with Crippen LogP contribution in [-0.2, 0) is 4.79 Å². The van der Waals surface area contributed by atoms with Crippen LogP contribution in [0.15, 0.2) is 24.3 Å². The number of benzene rings is 1. The second-order valence-corrected chi connectivity index (χ2v) is 6.31. The van der Waals surface area contributed by atoms with Crippen molar-refractivity contribution in [1.29, 1.82) is 0 Å². The number of carbonyl (C=O) groups excluding carboxylic acids is 2. The lowest BCUT2D eigenvalue weighted by Crippen LogP contribution is -2.88. The third-order valence-corrected chi connectivity index (χ3v) is 4.26. The molecule has 0 aliphatic rings. The van der Waals surface area contributed by atoms with Crippen LogP contribution in [0.5, 0.6) is 0 Å². The van der Waals surface area contributed by atoms with Crippen molar-refractivity contribution >= 4 is 11.9 Å². The van der Waals surface area contributed by atoms with E-state index in [4.69, 9.17) is 0 Å². The van der Waals surface area contributed by atoms with E-state index in [-0.39, 0.29) is 18.5 Å². The lowest BCUT2D eigenvalue weighted by atomic mass is 9.92. The number of carbonyl (C=O) groups is 2. The molecule has 0 heterocycles. The van der Waals surface area contributed by atoms with Crippen LogP contribution in [0, 0.1) is 5.92 Å². The largest absolute Gasteiger partial charge is 0.341 e. The van der Waals surface area contributed by atoms with Gasteiger partial charge in [0.1, 0.15) is 6.04 Å². The molecule has 0 spiro atoms. The van der Waals surface area contributed by atoms with E-state index in [9.17, 15) is 9.59 Å². The molecule has 4 N–H and O–H groups in total. The van der Waals surface area contributed by atoms with Crippen LogP contribution < -0.4 is 16.0 Å². The van der Waals surface area contributed by atoms with E-state index in [1.807, 2.05) is 5.32 Å². The number of hydrogen-bond donors (Lipinski definition) is 3. The summed E-state index contributed by atoms with van der Waals surface area (Å²) in [5, 5.41) is 6.65. The van der Waals surface area contributed by atoms with Gasteiger partial charge in [0.05, 0.1) is 0 Å². The fraction of sp³-hybridized carbons (Fsp3) is 0.556. The molecule has 5 nitrogen and oxygen atoms in total. The number of nitrogens with one attached hydrogen (secondary N) is 2. The molecule has 0 saturated carbocycles. The second kappa shape index (κ2) is 9.30. The Labute approximate surface area is 139 Å². The predicted molar refractivity (Wildman–Crippen MR) is 92.1 cm³/mol. The number of imide groups is 1. The van der Waals surface area contributed by atoms with Crippen LogP contribution >= 0.6 is 0 Å². The van der Waals surface area contributed by atoms with Crippen molar-refractivity contribution in [1.82, 2.24) is 10.6 Å². The average molecular weight is 320 g/mol. The van der Waals surface area contributed by atoms with Gasteiger partial charge in [-0.1, -0.05) is 52.0 Å². The number of hydrogen-bond acceptors (Lipinski definition) is 2. The minimum absolute atomic E-state index is 0.191. The highest BCUT2D eigenvalue weighted by atomic mass is 16.2. The molecule has 5 heteroatoms. The molecule has 0 saturated heterocycles. The summed E-state index contributed by atoms with van der Waals surface area (Å²) in [6, 6.07) is 8.38. The molecule has 0 bridgehead atoms. The molecule has 23 heavy (non-hydrogen) atoms. The molecule has 0 aliphatic heterocycles. The smallest absolute Gasteiger partial charge is 0.321 e. The van der Waals surface area contributed by atoms with Gasteiger partial charge >= 0.3 is 6.03 Å². The highest BCUT2D eigenvalue weighted by molar-refractivity contribution is 5.94. The minimum Gasteiger partial charge on any atom is -0.341 e. The van der Waals surface area contributed by atoms with Crippen LogP contribution in [0.25, 0.3) is 0 Å². The minimum atomic E-state index is -0.470. The molecule has 2 atom stereocenters. The summed E-state index contributed by atoms with van der Waals surface area (Å²) in [5.41, 5.74) is 2.55. The van der Waals surface area contributed by atoms with Gasteiger partial charge < -0.3 is 10.6 Å². The first-order valence-corrected chi connectivity index (χ1v) is 8.33. The maximum Gasteiger partial charge on any atom is 0.321 e. The number of rotatable bonds is 7. The monoisotopic (exact) mass is 320 g/mol. The molecule has 3 amide bonds. The van der Waals surface area contributed by atoms with Crippen LogP contribution in [0.1, 0.15) is 57.2 Å². The van der Waals surface area contributed by atoms with Gasteiger partial charge in [0.2, 0.25) is 0 Å². The normalized spacial score (nSPS) is 13.5. The molecular weight excluding hydrogens is 290 g/mol. The van der Waals surface area contributed by atoms with Gasteiger partial charge in [-0.2, -0.15) is 0 Å². The molecule has 1 aromatic carbocycles. The topological polar surface area (TPSA) is 74.8 Å². The van der Waals surface area contributed by atoms with Crippen molar-refractivity contribution in [2.45, 2.75) is 46.1 Å². The number of quaternary nitrogens is 1. The lowest BCUT2D eigenvalue weighted by Gasteiger charge is -2.20. The van der Waals surface area contributed by atoms with Crippen molar-refractivity contribution in [2.24, 2.45) is 5.92 Å². The third-order valence-electron chi connectivity index (χ3n) is 4.26. The number of nitrogens with two attached hydrogens (primary N) is 1. The van der Waals surface area contributed by atoms with Crippen molar-refractivity contribution in [3.05, 3.63) is 35.4 Å². The van der Waals surface area contributed by atoms with Gasteiger partial charge in [0.25, 0.3) is 5.91 Å². The highest BCUT2D eigenvalue weighted by Crippen LogP contribution is 2.22. The summed E-state index contributed by atoms with van der Waals surface area (Å²) >= 11 is 0. The van der Waals surface area contributed by atoms with Gasteiger partial charge in [-0.15, -0.1) is 0 Å². The molecule has 0 aromatic heterocycles. The van der Waals surface area contributed by atoms with Gasteiger partial charge in [-0.05, 0) is 17.9 Å². The zero-order valence-electron chi connectivity index (χ0n) is 14.8. The van der Waals surface area contributed by atoms with E-state index < -0.39 is 6.03 Å². The quantitative estimate of drug-likeness (QED) is 0.718. The summed E-state index contributed by atoms with van der Waals surface area (Å²) in [7, 11) is 1.49. The van der Waals surface area contributed by atoms with E-state index in [0.29, 0.717) is 11.8 Å². The van der Waals surface area contributed by atoms with Crippen molar-refractivity contribution < 1.29 is 14.9 Å². The summed E-state index contributed by atoms with van der Waals surface area (Å²) in [6.45, 7) is 8.92. The Morgan fingerprint density at radius 3 is 2.13 bits per heavy atom. The Morgan fingerprint density at radius 2 is 1.65 bits per heavy atom. The zero-order valence-corrected chi connectivity index (χ0v) is 14.8. The van der Waals surface area contributed by atoms with E-state index in [0.717, 1.165) is 6.42 Å². The summed E-state index contributed by atoms with van der Waals surface area (Å²) in [5.74, 6) is 0.660. The molecular formula is C18H30N3O2+. The Balaban J connectivity index is 2.71. The first kappa shape index (κ1) is 19.2. The number of amides is 3. The van der Waals surface area contributed by atoms with Crippen molar-refractivity contribution in [2.75, 3.05) is 13.6 Å². The average Bonchev–Trinajstić information content (AvgIpc) is 2.54. The molecule has 0 aliphatic carbocycles. The molecule has 1 aromatic rings. The van der Waals surface area contributed by atoms with Crippen LogP contribution in [0.4, 0.5) is 4.79 Å². The highest BCUT2D eigenvalue weighted by Gasteiger charge is 2.21. The van der Waals surface area contributed by atoms with Crippen LogP contribution in [0.3, 0.4) is 0 Å². The maximum absolute atomic E-state index is 11.7. The molecule has 128 valence electrons. The van der Waals surface area contributed by atoms with E-state index >= 15 is 0 Å². The number of urea groups is 1. The van der Waals surface area contributed by atoms with E-state index in [2.05, 4.69) is 62.6 Å². The molecule has 0 fully saturated rings. The second-order valence-electron chi connectivity index (χ2n) is 6.31. The summed E-state index contributed by atoms with van der Waals surface area (Å²) in [4.78, 5) is 22.9. The zero-order chi connectivity index (χ0) is 17.4. The van der Waals surface area contributed by atoms with Crippen molar-refractivity contribution in [3.63, 3.8) is 0 Å². The summed E-state index contributed by atoms with van der Waals surface area (Å²) < 4.78 is 0. The molecule has 1 rings (SSSR count). The van der Waals surface area contributed by atoms with Crippen LogP contribution in [-0.4, -0.2) is 25.5 Å². The van der Waals surface area contributed by atoms with Gasteiger partial charge in [-0.3, -0.25) is 10.1 Å². The maximum atomic E-state index is 11.7. The Bertz CT molecular complexity index is 512. The molecule has 0 unspecified atom stereocenters.